The van der Waals surface area contributed by atoms with Gasteiger partial charge in [0, 0.05) is 24.0 Å². The summed E-state index contributed by atoms with van der Waals surface area (Å²) in [6, 6.07) is 0.379. The summed E-state index contributed by atoms with van der Waals surface area (Å²) in [7, 11) is -0.890. The number of likely N-dealkylation sites (N-methyl/N-ethyl adjacent to an activating group) is 1. The van der Waals surface area contributed by atoms with Gasteiger partial charge >= 0.3 is 0 Å². The van der Waals surface area contributed by atoms with Crippen LogP contribution in [0, 0.1) is 5.92 Å². The fourth-order valence-corrected chi connectivity index (χ4v) is 4.77. The highest BCUT2D eigenvalue weighted by Gasteiger charge is 2.39. The molecule has 0 bridgehead atoms. The molecule has 2 N–H and O–H groups in total. The summed E-state index contributed by atoms with van der Waals surface area (Å²) < 4.78 is 28.4. The molecule has 0 amide bonds. The van der Waals surface area contributed by atoms with Crippen LogP contribution in [0.25, 0.3) is 0 Å². The van der Waals surface area contributed by atoms with E-state index in [9.17, 15) is 8.42 Å². The van der Waals surface area contributed by atoms with Crippen molar-refractivity contribution in [3.05, 3.63) is 0 Å². The number of rotatable bonds is 4. The summed E-state index contributed by atoms with van der Waals surface area (Å²) in [5.74, 6) is 1.01. The lowest BCUT2D eigenvalue weighted by Gasteiger charge is -2.27. The lowest BCUT2D eigenvalue weighted by molar-refractivity contribution is 0.181. The Morgan fingerprint density at radius 1 is 1.41 bits per heavy atom. The van der Waals surface area contributed by atoms with Crippen LogP contribution in [0.1, 0.15) is 13.3 Å². The zero-order valence-electron chi connectivity index (χ0n) is 10.5. The molecule has 2 heterocycles. The minimum Gasteiger partial charge on any atom is -0.379 e. The van der Waals surface area contributed by atoms with Gasteiger partial charge in [-0.2, -0.15) is 0 Å². The molecule has 2 fully saturated rings. The molecular formula is C11H22N2O3S. The van der Waals surface area contributed by atoms with Gasteiger partial charge in [0.05, 0.1) is 24.7 Å². The Morgan fingerprint density at radius 3 is 2.76 bits per heavy atom. The van der Waals surface area contributed by atoms with Gasteiger partial charge in [-0.1, -0.05) is 0 Å². The first-order chi connectivity index (χ1) is 7.94. The molecule has 100 valence electrons. The fraction of sp³-hybridized carbons (Fsp3) is 1.00. The lowest BCUT2D eigenvalue weighted by atomic mass is 9.98. The quantitative estimate of drug-likeness (QED) is 0.707. The number of hydrogen-bond donors (Lipinski definition) is 2. The van der Waals surface area contributed by atoms with Crippen molar-refractivity contribution in [3.63, 3.8) is 0 Å². The molecule has 0 spiro atoms. The molecule has 2 rings (SSSR count). The Balaban J connectivity index is 1.86. The van der Waals surface area contributed by atoms with E-state index in [-0.39, 0.29) is 11.3 Å². The Bertz CT molecular complexity index is 371. The molecule has 0 aliphatic carbocycles. The van der Waals surface area contributed by atoms with E-state index in [0.29, 0.717) is 24.1 Å². The smallest absolute Gasteiger partial charge is 0.152 e. The van der Waals surface area contributed by atoms with Gasteiger partial charge < -0.3 is 15.4 Å². The topological polar surface area (TPSA) is 67.4 Å². The van der Waals surface area contributed by atoms with Crippen LogP contribution in [-0.2, 0) is 14.6 Å². The molecule has 2 aliphatic rings. The molecule has 2 saturated heterocycles. The van der Waals surface area contributed by atoms with Crippen molar-refractivity contribution in [2.24, 2.45) is 5.92 Å². The first-order valence-corrected chi connectivity index (χ1v) is 7.97. The van der Waals surface area contributed by atoms with Crippen LogP contribution in [0.3, 0.4) is 0 Å². The van der Waals surface area contributed by atoms with Crippen LogP contribution in [-0.4, -0.2) is 58.3 Å². The molecule has 2 aliphatic heterocycles. The summed E-state index contributed by atoms with van der Waals surface area (Å²) in [5.41, 5.74) is -0.250. The van der Waals surface area contributed by atoms with Gasteiger partial charge in [-0.15, -0.1) is 0 Å². The third kappa shape index (κ3) is 3.19. The molecule has 0 saturated carbocycles. The molecule has 0 aromatic carbocycles. The van der Waals surface area contributed by atoms with Crippen LogP contribution in [0.5, 0.6) is 0 Å². The predicted molar refractivity (Wildman–Crippen MR) is 66.8 cm³/mol. The number of ether oxygens (including phenoxy) is 1. The highest BCUT2D eigenvalue weighted by Crippen LogP contribution is 2.23. The molecule has 3 atom stereocenters. The van der Waals surface area contributed by atoms with Crippen LogP contribution in [0.2, 0.25) is 0 Å². The Hall–Kier alpha value is -0.170. The zero-order valence-corrected chi connectivity index (χ0v) is 11.3. The number of hydrogen-bond acceptors (Lipinski definition) is 5. The van der Waals surface area contributed by atoms with Crippen LogP contribution < -0.4 is 10.6 Å². The van der Waals surface area contributed by atoms with Gasteiger partial charge in [0.25, 0.3) is 0 Å². The minimum atomic E-state index is -2.83. The fourth-order valence-electron chi connectivity index (χ4n) is 2.65. The van der Waals surface area contributed by atoms with Gasteiger partial charge in [0.15, 0.2) is 9.84 Å². The standard InChI is InChI=1S/C11H22N2O3S/c1-11(3-4-17(14,15)8-11)13-5-9-6-16-7-10(9)12-2/h9-10,12-13H,3-8H2,1-2H3. The van der Waals surface area contributed by atoms with Gasteiger partial charge in [-0.25, -0.2) is 8.42 Å². The van der Waals surface area contributed by atoms with Crippen molar-refractivity contribution in [2.75, 3.05) is 38.3 Å². The van der Waals surface area contributed by atoms with E-state index in [4.69, 9.17) is 4.74 Å². The second-order valence-electron chi connectivity index (χ2n) is 5.48. The zero-order chi connectivity index (χ0) is 12.5. The molecule has 0 radical (unpaired) electrons. The summed E-state index contributed by atoms with van der Waals surface area (Å²) in [6.45, 7) is 4.32. The maximum atomic E-state index is 11.5. The largest absolute Gasteiger partial charge is 0.379 e. The van der Waals surface area contributed by atoms with Crippen molar-refractivity contribution in [2.45, 2.75) is 24.9 Å². The predicted octanol–water partition coefficient (Wildman–Crippen LogP) is -0.612. The second-order valence-corrected chi connectivity index (χ2v) is 7.66. The van der Waals surface area contributed by atoms with Gasteiger partial charge in [0.2, 0.25) is 0 Å². The molecule has 0 aromatic rings. The molecular weight excluding hydrogens is 240 g/mol. The van der Waals surface area contributed by atoms with E-state index in [0.717, 1.165) is 19.8 Å². The van der Waals surface area contributed by atoms with E-state index >= 15 is 0 Å². The van der Waals surface area contributed by atoms with E-state index in [1.54, 1.807) is 0 Å². The second kappa shape index (κ2) is 4.84. The molecule has 5 nitrogen and oxygen atoms in total. The summed E-state index contributed by atoms with van der Waals surface area (Å²) >= 11 is 0. The van der Waals surface area contributed by atoms with Crippen LogP contribution >= 0.6 is 0 Å². The van der Waals surface area contributed by atoms with Crippen molar-refractivity contribution in [1.29, 1.82) is 0 Å². The third-order valence-electron chi connectivity index (χ3n) is 3.86. The third-order valence-corrected chi connectivity index (χ3v) is 5.77. The molecule has 6 heteroatoms. The lowest BCUT2D eigenvalue weighted by Crippen LogP contribution is -2.48. The maximum Gasteiger partial charge on any atom is 0.152 e. The van der Waals surface area contributed by atoms with Crippen molar-refractivity contribution >= 4 is 9.84 Å². The Morgan fingerprint density at radius 2 is 2.18 bits per heavy atom. The SMILES string of the molecule is CNC1COCC1CNC1(C)CCS(=O)(=O)C1. The monoisotopic (exact) mass is 262 g/mol. The molecule has 17 heavy (non-hydrogen) atoms. The van der Waals surface area contributed by atoms with E-state index in [1.165, 1.54) is 0 Å². The molecule has 3 unspecified atom stereocenters. The number of sulfone groups is 1. The minimum absolute atomic E-state index is 0.250. The first kappa shape index (κ1) is 13.3. The normalized spacial score (nSPS) is 40.8. The highest BCUT2D eigenvalue weighted by molar-refractivity contribution is 7.91. The molecule has 0 aromatic heterocycles. The summed E-state index contributed by atoms with van der Waals surface area (Å²) in [5, 5.41) is 6.66. The van der Waals surface area contributed by atoms with Gasteiger partial charge in [-0.05, 0) is 20.4 Å². The Labute approximate surface area is 103 Å². The van der Waals surface area contributed by atoms with Crippen molar-refractivity contribution < 1.29 is 13.2 Å². The van der Waals surface area contributed by atoms with Crippen LogP contribution in [0.15, 0.2) is 0 Å². The maximum absolute atomic E-state index is 11.5. The first-order valence-electron chi connectivity index (χ1n) is 6.15. The number of nitrogens with one attached hydrogen (secondary N) is 2. The van der Waals surface area contributed by atoms with Crippen molar-refractivity contribution in [1.82, 2.24) is 10.6 Å². The van der Waals surface area contributed by atoms with Crippen molar-refractivity contribution in [3.8, 4) is 0 Å². The summed E-state index contributed by atoms with van der Waals surface area (Å²) in [4.78, 5) is 0. The van der Waals surface area contributed by atoms with E-state index in [2.05, 4.69) is 10.6 Å². The van der Waals surface area contributed by atoms with Crippen LogP contribution in [0.4, 0.5) is 0 Å². The average Bonchev–Trinajstić information content (AvgIpc) is 2.80. The van der Waals surface area contributed by atoms with Gasteiger partial charge in [-0.3, -0.25) is 0 Å². The van der Waals surface area contributed by atoms with E-state index < -0.39 is 9.84 Å². The summed E-state index contributed by atoms with van der Waals surface area (Å²) in [6.07, 6.45) is 0.715. The average molecular weight is 262 g/mol. The van der Waals surface area contributed by atoms with E-state index in [1.807, 2.05) is 14.0 Å². The highest BCUT2D eigenvalue weighted by atomic mass is 32.2. The Kier molecular flexibility index (Phi) is 3.77. The van der Waals surface area contributed by atoms with Gasteiger partial charge in [0.1, 0.15) is 0 Å².